The minimum Gasteiger partial charge on any atom is -0.381 e. The highest BCUT2D eigenvalue weighted by molar-refractivity contribution is 4.86. The summed E-state index contributed by atoms with van der Waals surface area (Å²) in [6.45, 7) is 7.55. The molecule has 0 aromatic rings. The minimum absolute atomic E-state index is 0.404. The first-order valence-electron chi connectivity index (χ1n) is 6.25. The molecule has 0 unspecified atom stereocenters. The molecule has 0 aromatic heterocycles. The molecule has 2 rings (SSSR count). The van der Waals surface area contributed by atoms with Gasteiger partial charge in [-0.3, -0.25) is 0 Å². The van der Waals surface area contributed by atoms with E-state index in [0.717, 1.165) is 25.8 Å². The molecule has 3 nitrogen and oxygen atoms in total. The van der Waals surface area contributed by atoms with Gasteiger partial charge in [0.05, 0.1) is 0 Å². The quantitative estimate of drug-likeness (QED) is 0.748. The van der Waals surface area contributed by atoms with Gasteiger partial charge in [0, 0.05) is 19.3 Å². The summed E-state index contributed by atoms with van der Waals surface area (Å²) in [6, 6.07) is 0.779. The van der Waals surface area contributed by atoms with Crippen LogP contribution in [-0.2, 0) is 4.74 Å². The van der Waals surface area contributed by atoms with E-state index in [1.54, 1.807) is 0 Å². The number of likely N-dealkylation sites (tertiary alicyclic amines) is 1. The molecule has 0 bridgehead atoms. The fourth-order valence-corrected chi connectivity index (χ4v) is 2.68. The predicted octanol–water partition coefficient (Wildman–Crippen LogP) is 1.23. The molecular weight excluding hydrogens is 188 g/mol. The Balaban J connectivity index is 1.82. The summed E-state index contributed by atoms with van der Waals surface area (Å²) in [7, 11) is 0. The molecule has 0 aliphatic carbocycles. The van der Waals surface area contributed by atoms with Crippen molar-refractivity contribution in [1.29, 1.82) is 0 Å². The van der Waals surface area contributed by atoms with E-state index in [2.05, 4.69) is 11.8 Å². The molecule has 2 aliphatic rings. The first-order chi connectivity index (χ1) is 7.23. The number of ether oxygens (including phenoxy) is 1. The summed E-state index contributed by atoms with van der Waals surface area (Å²) in [5, 5.41) is 0. The Morgan fingerprint density at radius 3 is 2.40 bits per heavy atom. The molecule has 2 N–H and O–H groups in total. The fourth-order valence-electron chi connectivity index (χ4n) is 2.68. The van der Waals surface area contributed by atoms with Crippen LogP contribution in [0, 0.1) is 5.41 Å². The van der Waals surface area contributed by atoms with Crippen molar-refractivity contribution in [3.63, 3.8) is 0 Å². The Hall–Kier alpha value is -0.120. The van der Waals surface area contributed by atoms with Gasteiger partial charge in [0.1, 0.15) is 0 Å². The van der Waals surface area contributed by atoms with Crippen LogP contribution in [0.15, 0.2) is 0 Å². The Morgan fingerprint density at radius 1 is 1.27 bits per heavy atom. The van der Waals surface area contributed by atoms with Gasteiger partial charge in [-0.15, -0.1) is 0 Å². The molecule has 2 saturated heterocycles. The number of nitrogens with two attached hydrogens (primary N) is 1. The number of rotatable bonds is 2. The summed E-state index contributed by atoms with van der Waals surface area (Å²) in [4.78, 5) is 2.65. The Labute approximate surface area is 93.0 Å². The SMILES string of the molecule is CC1(CN)CCN(C2CCOCC2)CC1. The Bertz CT molecular complexity index is 194. The second-order valence-corrected chi connectivity index (χ2v) is 5.39. The van der Waals surface area contributed by atoms with Gasteiger partial charge in [-0.25, -0.2) is 0 Å². The van der Waals surface area contributed by atoms with Crippen LogP contribution in [0.5, 0.6) is 0 Å². The number of hydrogen-bond acceptors (Lipinski definition) is 3. The van der Waals surface area contributed by atoms with Crippen LogP contribution in [0.3, 0.4) is 0 Å². The second kappa shape index (κ2) is 4.81. The Morgan fingerprint density at radius 2 is 1.87 bits per heavy atom. The summed E-state index contributed by atoms with van der Waals surface area (Å²) in [5.41, 5.74) is 6.23. The molecule has 0 atom stereocenters. The normalized spacial score (nSPS) is 29.2. The molecule has 3 heteroatoms. The van der Waals surface area contributed by atoms with E-state index < -0.39 is 0 Å². The zero-order chi connectivity index (χ0) is 10.7. The lowest BCUT2D eigenvalue weighted by molar-refractivity contribution is 0.0102. The van der Waals surface area contributed by atoms with Crippen molar-refractivity contribution >= 4 is 0 Å². The van der Waals surface area contributed by atoms with E-state index in [-0.39, 0.29) is 0 Å². The van der Waals surface area contributed by atoms with Gasteiger partial charge in [0.25, 0.3) is 0 Å². The standard InChI is InChI=1S/C12H24N2O/c1-12(10-13)4-6-14(7-5-12)11-2-8-15-9-3-11/h11H,2-10,13H2,1H3. The third kappa shape index (κ3) is 2.71. The topological polar surface area (TPSA) is 38.5 Å². The largest absolute Gasteiger partial charge is 0.381 e. The molecule has 2 heterocycles. The monoisotopic (exact) mass is 212 g/mol. The van der Waals surface area contributed by atoms with Crippen molar-refractivity contribution in [2.24, 2.45) is 11.1 Å². The molecule has 2 fully saturated rings. The molecule has 88 valence electrons. The number of piperidine rings is 1. The van der Waals surface area contributed by atoms with Gasteiger partial charge in [-0.2, -0.15) is 0 Å². The van der Waals surface area contributed by atoms with E-state index in [1.165, 1.54) is 38.8 Å². The fraction of sp³-hybridized carbons (Fsp3) is 1.00. The lowest BCUT2D eigenvalue weighted by Crippen LogP contribution is -2.48. The first-order valence-corrected chi connectivity index (χ1v) is 6.25. The van der Waals surface area contributed by atoms with Crippen molar-refractivity contribution in [1.82, 2.24) is 4.90 Å². The van der Waals surface area contributed by atoms with Crippen LogP contribution in [0.2, 0.25) is 0 Å². The summed E-state index contributed by atoms with van der Waals surface area (Å²) in [5.74, 6) is 0. The molecule has 0 aromatic carbocycles. The average Bonchev–Trinajstić information content (AvgIpc) is 2.31. The minimum atomic E-state index is 0.404. The van der Waals surface area contributed by atoms with Crippen LogP contribution in [0.1, 0.15) is 32.6 Å². The molecule has 0 amide bonds. The van der Waals surface area contributed by atoms with Crippen molar-refractivity contribution < 1.29 is 4.74 Å². The van der Waals surface area contributed by atoms with Crippen LogP contribution in [0.4, 0.5) is 0 Å². The summed E-state index contributed by atoms with van der Waals surface area (Å²) in [6.07, 6.45) is 4.97. The zero-order valence-corrected chi connectivity index (χ0v) is 9.87. The van der Waals surface area contributed by atoms with E-state index in [1.807, 2.05) is 0 Å². The highest BCUT2D eigenvalue weighted by Gasteiger charge is 2.32. The highest BCUT2D eigenvalue weighted by Crippen LogP contribution is 2.31. The van der Waals surface area contributed by atoms with Crippen molar-refractivity contribution in [3.8, 4) is 0 Å². The molecule has 2 aliphatic heterocycles. The van der Waals surface area contributed by atoms with Crippen LogP contribution in [-0.4, -0.2) is 43.8 Å². The lowest BCUT2D eigenvalue weighted by atomic mass is 9.80. The molecule has 0 radical (unpaired) electrons. The van der Waals surface area contributed by atoms with Gasteiger partial charge < -0.3 is 15.4 Å². The van der Waals surface area contributed by atoms with Gasteiger partial charge >= 0.3 is 0 Å². The Kier molecular flexibility index (Phi) is 3.65. The number of nitrogens with zero attached hydrogens (tertiary/aromatic N) is 1. The molecule has 0 saturated carbocycles. The van der Waals surface area contributed by atoms with Crippen molar-refractivity contribution in [3.05, 3.63) is 0 Å². The highest BCUT2D eigenvalue weighted by atomic mass is 16.5. The van der Waals surface area contributed by atoms with E-state index in [9.17, 15) is 0 Å². The van der Waals surface area contributed by atoms with Crippen molar-refractivity contribution in [2.45, 2.75) is 38.6 Å². The third-order valence-corrected chi connectivity index (χ3v) is 4.21. The smallest absolute Gasteiger partial charge is 0.0480 e. The lowest BCUT2D eigenvalue weighted by Gasteiger charge is -2.43. The van der Waals surface area contributed by atoms with E-state index in [4.69, 9.17) is 10.5 Å². The predicted molar refractivity (Wildman–Crippen MR) is 61.8 cm³/mol. The maximum Gasteiger partial charge on any atom is 0.0480 e. The van der Waals surface area contributed by atoms with E-state index in [0.29, 0.717) is 5.41 Å². The van der Waals surface area contributed by atoms with E-state index >= 15 is 0 Å². The second-order valence-electron chi connectivity index (χ2n) is 5.39. The van der Waals surface area contributed by atoms with Gasteiger partial charge in [-0.05, 0) is 50.7 Å². The molecule has 0 spiro atoms. The number of hydrogen-bond donors (Lipinski definition) is 1. The van der Waals surface area contributed by atoms with Crippen LogP contribution < -0.4 is 5.73 Å². The molecular formula is C12H24N2O. The average molecular weight is 212 g/mol. The van der Waals surface area contributed by atoms with Crippen LogP contribution in [0.25, 0.3) is 0 Å². The van der Waals surface area contributed by atoms with Crippen LogP contribution >= 0.6 is 0 Å². The summed E-state index contributed by atoms with van der Waals surface area (Å²) >= 11 is 0. The zero-order valence-electron chi connectivity index (χ0n) is 9.87. The van der Waals surface area contributed by atoms with Gasteiger partial charge in [-0.1, -0.05) is 6.92 Å². The van der Waals surface area contributed by atoms with Crippen molar-refractivity contribution in [2.75, 3.05) is 32.8 Å². The maximum atomic E-state index is 5.82. The van der Waals surface area contributed by atoms with Gasteiger partial charge in [0.2, 0.25) is 0 Å². The van der Waals surface area contributed by atoms with Gasteiger partial charge in [0.15, 0.2) is 0 Å². The summed E-state index contributed by atoms with van der Waals surface area (Å²) < 4.78 is 5.41. The maximum absolute atomic E-state index is 5.82. The molecule has 15 heavy (non-hydrogen) atoms. The first kappa shape index (κ1) is 11.4. The third-order valence-electron chi connectivity index (χ3n) is 4.21.